The Kier molecular flexibility index (Phi) is 11.4. The summed E-state index contributed by atoms with van der Waals surface area (Å²) < 4.78 is 2.37. The SMILES string of the molecule is Cc1cccc(-c2ccc3c(-c4ccc(-c5ccc(-c6ccc7c(c6)c6ccccc6n7-c6ccccc6)cc5)cc4)c4cc(-c5cccc(C)c5)ccc4c(-c4ccc(-c5ccc(-c6ccccc6)cc5)cc4)c3c2)c1. The minimum absolute atomic E-state index is 1.17. The first-order valence-corrected chi connectivity index (χ1v) is 26.7. The van der Waals surface area contributed by atoms with Gasteiger partial charge < -0.3 is 4.57 Å². The van der Waals surface area contributed by atoms with Crippen LogP contribution in [-0.2, 0) is 0 Å². The van der Waals surface area contributed by atoms with Crippen molar-refractivity contribution in [3.05, 3.63) is 296 Å². The first-order chi connectivity index (χ1) is 38.0. The van der Waals surface area contributed by atoms with Crippen molar-refractivity contribution >= 4 is 43.4 Å². The summed E-state index contributed by atoms with van der Waals surface area (Å²) in [4.78, 5) is 0. The standard InChI is InChI=1S/C76H53N/c1-50-13-11-17-61(45-50)64-40-43-69-71(48-64)75(59-35-31-56(32-36-59)54-25-23-53(24-26-54)52-15-5-3-6-16-52)68-42-39-65(62-18-12-14-51(2)46-62)49-72(68)76(69)60-37-33-57(34-38-60)55-27-29-58(30-28-55)63-41-44-74-70(47-63)67-21-9-10-22-73(67)77(74)66-19-7-4-8-20-66/h3-49H,1-2H3. The Labute approximate surface area is 450 Å². The molecule has 77 heavy (non-hydrogen) atoms. The molecule has 1 nitrogen and oxygen atoms in total. The zero-order valence-electron chi connectivity index (χ0n) is 43.1. The second-order valence-corrected chi connectivity index (χ2v) is 20.6. The molecule has 1 aromatic heterocycles. The van der Waals surface area contributed by atoms with E-state index >= 15 is 0 Å². The lowest BCUT2D eigenvalue weighted by Gasteiger charge is -2.20. The molecule has 14 rings (SSSR count). The Bertz CT molecular complexity index is 4510. The minimum Gasteiger partial charge on any atom is -0.309 e. The van der Waals surface area contributed by atoms with Gasteiger partial charge in [-0.1, -0.05) is 254 Å². The van der Waals surface area contributed by atoms with Crippen LogP contribution < -0.4 is 0 Å². The smallest absolute Gasteiger partial charge is 0.0541 e. The Balaban J connectivity index is 0.877. The lowest BCUT2D eigenvalue weighted by atomic mass is 9.83. The van der Waals surface area contributed by atoms with Gasteiger partial charge in [-0.15, -0.1) is 0 Å². The molecular weight excluding hydrogens is 927 g/mol. The van der Waals surface area contributed by atoms with Crippen LogP contribution in [0.25, 0.3) is 138 Å². The highest BCUT2D eigenvalue weighted by atomic mass is 15.0. The van der Waals surface area contributed by atoms with Crippen LogP contribution in [0.1, 0.15) is 11.1 Å². The lowest BCUT2D eigenvalue weighted by Crippen LogP contribution is -1.93. The van der Waals surface area contributed by atoms with E-state index in [0.29, 0.717) is 0 Å². The number of rotatable bonds is 9. The molecule has 0 unspecified atom stereocenters. The Morgan fingerprint density at radius 1 is 0.195 bits per heavy atom. The van der Waals surface area contributed by atoms with Crippen molar-refractivity contribution in [2.24, 2.45) is 0 Å². The third-order valence-electron chi connectivity index (χ3n) is 15.7. The zero-order chi connectivity index (χ0) is 51.4. The Hall–Kier alpha value is -9.82. The van der Waals surface area contributed by atoms with Gasteiger partial charge in [0.25, 0.3) is 0 Å². The molecule has 14 aromatic rings. The van der Waals surface area contributed by atoms with Gasteiger partial charge in [0.15, 0.2) is 0 Å². The van der Waals surface area contributed by atoms with Crippen LogP contribution in [0.4, 0.5) is 0 Å². The number of aryl methyl sites for hydroxylation is 2. The highest BCUT2D eigenvalue weighted by Crippen LogP contribution is 2.47. The molecule has 0 saturated carbocycles. The van der Waals surface area contributed by atoms with Gasteiger partial charge in [0.05, 0.1) is 11.0 Å². The molecule has 13 aromatic carbocycles. The molecule has 1 heterocycles. The highest BCUT2D eigenvalue weighted by molar-refractivity contribution is 6.22. The Morgan fingerprint density at radius 3 is 1.00 bits per heavy atom. The molecular formula is C76H53N. The molecule has 0 aliphatic carbocycles. The highest BCUT2D eigenvalue weighted by Gasteiger charge is 2.20. The maximum Gasteiger partial charge on any atom is 0.0541 e. The van der Waals surface area contributed by atoms with E-state index in [2.05, 4.69) is 304 Å². The fourth-order valence-corrected chi connectivity index (χ4v) is 11.9. The maximum atomic E-state index is 2.43. The number of hydrogen-bond acceptors (Lipinski definition) is 0. The molecule has 0 amide bonds. The molecule has 0 saturated heterocycles. The molecule has 0 fully saturated rings. The molecule has 1 heteroatoms. The molecule has 0 radical (unpaired) electrons. The molecule has 0 bridgehead atoms. The fourth-order valence-electron chi connectivity index (χ4n) is 11.9. The van der Waals surface area contributed by atoms with E-state index < -0.39 is 0 Å². The van der Waals surface area contributed by atoms with Gasteiger partial charge in [-0.05, 0) is 167 Å². The monoisotopic (exact) mass is 979 g/mol. The predicted octanol–water partition coefficient (Wildman–Crippen LogP) is 21.0. The van der Waals surface area contributed by atoms with Crippen LogP contribution in [0.15, 0.2) is 285 Å². The number of aromatic nitrogens is 1. The number of para-hydroxylation sites is 2. The van der Waals surface area contributed by atoms with Gasteiger partial charge in [0.2, 0.25) is 0 Å². The minimum atomic E-state index is 1.17. The van der Waals surface area contributed by atoms with Gasteiger partial charge in [-0.3, -0.25) is 0 Å². The van der Waals surface area contributed by atoms with Crippen LogP contribution >= 0.6 is 0 Å². The van der Waals surface area contributed by atoms with E-state index in [0.717, 1.165) is 0 Å². The summed E-state index contributed by atoms with van der Waals surface area (Å²) >= 11 is 0. The van der Waals surface area contributed by atoms with E-state index in [1.807, 2.05) is 0 Å². The second-order valence-electron chi connectivity index (χ2n) is 20.6. The third-order valence-corrected chi connectivity index (χ3v) is 15.7. The van der Waals surface area contributed by atoms with E-state index in [1.54, 1.807) is 0 Å². The van der Waals surface area contributed by atoms with Crippen LogP contribution in [0.3, 0.4) is 0 Å². The summed E-state index contributed by atoms with van der Waals surface area (Å²) in [6.45, 7) is 4.35. The lowest BCUT2D eigenvalue weighted by molar-refractivity contribution is 1.18. The average Bonchev–Trinajstić information content (AvgIpc) is 3.91. The number of fused-ring (bicyclic) bond motifs is 5. The van der Waals surface area contributed by atoms with Crippen molar-refractivity contribution in [1.29, 1.82) is 0 Å². The van der Waals surface area contributed by atoms with Crippen molar-refractivity contribution in [3.8, 4) is 94.7 Å². The maximum absolute atomic E-state index is 2.43. The van der Waals surface area contributed by atoms with Crippen molar-refractivity contribution in [2.45, 2.75) is 13.8 Å². The van der Waals surface area contributed by atoms with Gasteiger partial charge in [-0.2, -0.15) is 0 Å². The van der Waals surface area contributed by atoms with Gasteiger partial charge in [0.1, 0.15) is 0 Å². The molecule has 0 N–H and O–H groups in total. The van der Waals surface area contributed by atoms with Crippen molar-refractivity contribution in [3.63, 3.8) is 0 Å². The average molecular weight is 980 g/mol. The number of hydrogen-bond donors (Lipinski definition) is 0. The van der Waals surface area contributed by atoms with Crippen LogP contribution in [-0.4, -0.2) is 4.57 Å². The first-order valence-electron chi connectivity index (χ1n) is 26.7. The summed E-state index contributed by atoms with van der Waals surface area (Å²) in [6, 6.07) is 105. The fraction of sp³-hybridized carbons (Fsp3) is 0.0263. The van der Waals surface area contributed by atoms with Crippen molar-refractivity contribution in [1.82, 2.24) is 4.57 Å². The molecule has 362 valence electrons. The van der Waals surface area contributed by atoms with Crippen molar-refractivity contribution in [2.75, 3.05) is 0 Å². The zero-order valence-corrected chi connectivity index (χ0v) is 43.1. The van der Waals surface area contributed by atoms with Crippen LogP contribution in [0, 0.1) is 13.8 Å². The van der Waals surface area contributed by atoms with Gasteiger partial charge in [0, 0.05) is 16.5 Å². The third kappa shape index (κ3) is 8.40. The van der Waals surface area contributed by atoms with E-state index in [9.17, 15) is 0 Å². The molecule has 0 spiro atoms. The quantitative estimate of drug-likeness (QED) is 0.127. The normalized spacial score (nSPS) is 11.5. The number of benzene rings is 13. The largest absolute Gasteiger partial charge is 0.309 e. The summed E-state index contributed by atoms with van der Waals surface area (Å²) in [5.41, 5.74) is 25.4. The molecule has 0 aliphatic rings. The van der Waals surface area contributed by atoms with Gasteiger partial charge >= 0.3 is 0 Å². The van der Waals surface area contributed by atoms with E-state index in [-0.39, 0.29) is 0 Å². The summed E-state index contributed by atoms with van der Waals surface area (Å²) in [5.74, 6) is 0. The van der Waals surface area contributed by atoms with Crippen molar-refractivity contribution < 1.29 is 0 Å². The molecule has 0 aliphatic heterocycles. The topological polar surface area (TPSA) is 4.93 Å². The van der Waals surface area contributed by atoms with Crippen LogP contribution in [0.5, 0.6) is 0 Å². The van der Waals surface area contributed by atoms with E-state index in [4.69, 9.17) is 0 Å². The van der Waals surface area contributed by atoms with E-state index in [1.165, 1.54) is 149 Å². The van der Waals surface area contributed by atoms with Crippen LogP contribution in [0.2, 0.25) is 0 Å². The Morgan fingerprint density at radius 2 is 0.519 bits per heavy atom. The molecule has 0 atom stereocenters. The van der Waals surface area contributed by atoms with Gasteiger partial charge in [-0.25, -0.2) is 0 Å². The second kappa shape index (κ2) is 19.1. The summed E-state index contributed by atoms with van der Waals surface area (Å²) in [5, 5.41) is 7.44. The predicted molar refractivity (Wildman–Crippen MR) is 329 cm³/mol. The summed E-state index contributed by atoms with van der Waals surface area (Å²) in [7, 11) is 0. The first kappa shape index (κ1) is 45.8. The summed E-state index contributed by atoms with van der Waals surface area (Å²) in [6.07, 6.45) is 0. The number of nitrogens with zero attached hydrogens (tertiary/aromatic N) is 1.